The van der Waals surface area contributed by atoms with E-state index in [1.54, 1.807) is 62.3 Å². The molecule has 3 nitrogen and oxygen atoms in total. The van der Waals surface area contributed by atoms with Crippen molar-refractivity contribution in [3.05, 3.63) is 149 Å². The van der Waals surface area contributed by atoms with Gasteiger partial charge in [-0.1, -0.05) is 143 Å². The first-order valence-corrected chi connectivity index (χ1v) is 20.1. The molecule has 0 radical (unpaired) electrons. The van der Waals surface area contributed by atoms with Crippen molar-refractivity contribution in [2.75, 3.05) is 9.80 Å². The zero-order valence-electron chi connectivity index (χ0n) is 56.5. The smallest absolute Gasteiger partial charge is 0.256 e. The summed E-state index contributed by atoms with van der Waals surface area (Å²) in [6.45, 7) is 13.9. The summed E-state index contributed by atoms with van der Waals surface area (Å²) < 4.78 is 206. The van der Waals surface area contributed by atoms with Crippen LogP contribution in [0.2, 0.25) is 0 Å². The Hall–Kier alpha value is -5.22. The van der Waals surface area contributed by atoms with E-state index >= 15 is 0 Å². The highest BCUT2D eigenvalue weighted by atomic mass is 16.5. The number of hydrogen-bond acceptors (Lipinski definition) is 3. The second kappa shape index (κ2) is 13.7. The number of nitrogens with zero attached hydrogens (tertiary/aromatic N) is 2. The minimum atomic E-state index is -2.87. The summed E-state index contributed by atoms with van der Waals surface area (Å²) in [5.74, 6) is -0.894. The van der Waals surface area contributed by atoms with Gasteiger partial charge in [0.15, 0.2) is 0 Å². The van der Waals surface area contributed by atoms with Crippen LogP contribution in [0.25, 0.3) is 0 Å². The molecule has 2 heterocycles. The van der Waals surface area contributed by atoms with Gasteiger partial charge in [-0.25, -0.2) is 0 Å². The van der Waals surface area contributed by atoms with Crippen molar-refractivity contribution in [3.8, 4) is 11.5 Å². The number of ether oxygens (including phenoxy) is 1. The van der Waals surface area contributed by atoms with Crippen LogP contribution in [0.15, 0.2) is 121 Å². The van der Waals surface area contributed by atoms with Crippen molar-refractivity contribution in [1.29, 1.82) is 0 Å². The Balaban J connectivity index is 1.56. The Morgan fingerprint density at radius 2 is 1.08 bits per heavy atom. The second-order valence-corrected chi connectivity index (χ2v) is 19.4. The van der Waals surface area contributed by atoms with Crippen molar-refractivity contribution in [2.24, 2.45) is 0 Å². The lowest BCUT2D eigenvalue weighted by atomic mass is 9.33. The first-order chi connectivity index (χ1) is 36.6. The quantitative estimate of drug-likeness (QED) is 0.161. The Labute approximate surface area is 384 Å². The van der Waals surface area contributed by atoms with Crippen molar-refractivity contribution < 1.29 is 33.5 Å². The van der Waals surface area contributed by atoms with Gasteiger partial charge in [-0.2, -0.15) is 0 Å². The van der Waals surface area contributed by atoms with Gasteiger partial charge in [0.2, 0.25) is 0 Å². The summed E-state index contributed by atoms with van der Waals surface area (Å²) >= 11 is 0. The Morgan fingerprint density at radius 3 is 1.66 bits per heavy atom. The lowest BCUT2D eigenvalue weighted by Crippen LogP contribution is -2.60. The largest absolute Gasteiger partial charge is 0.458 e. The molecule has 6 aromatic carbocycles. The highest BCUT2D eigenvalue weighted by Gasteiger charge is 2.43. The summed E-state index contributed by atoms with van der Waals surface area (Å²) in [4.78, 5) is 2.14. The summed E-state index contributed by atoms with van der Waals surface area (Å²) in [6.07, 6.45) is 1.14. The average Bonchev–Trinajstić information content (AvgIpc) is 4.20. The Bertz CT molecular complexity index is 3650. The van der Waals surface area contributed by atoms with Crippen LogP contribution >= 0.6 is 0 Å². The fourth-order valence-electron chi connectivity index (χ4n) is 7.32. The van der Waals surface area contributed by atoms with Gasteiger partial charge < -0.3 is 14.5 Å². The minimum absolute atomic E-state index is 0.00870. The number of hydrogen-bond donors (Lipinski definition) is 0. The highest BCUT2D eigenvalue weighted by molar-refractivity contribution is 6.99. The van der Waals surface area contributed by atoms with Crippen molar-refractivity contribution in [3.63, 3.8) is 0 Å². The predicted octanol–water partition coefficient (Wildman–Crippen LogP) is 13.6. The molecular weight excluding hydrogens is 715 g/mol. The van der Waals surface area contributed by atoms with Crippen molar-refractivity contribution >= 4 is 57.2 Å². The van der Waals surface area contributed by atoms with Crippen LogP contribution in [0.4, 0.5) is 34.1 Å². The predicted molar refractivity (Wildman–Crippen MR) is 254 cm³/mol. The summed E-state index contributed by atoms with van der Waals surface area (Å²) in [5.41, 5.74) is -7.52. The standard InChI is InChI=1S/C55H61BN2O/c1-52(2,3)37-17-25-42(26-18-37)57(41-23-15-36(16-24-41)35-13-14-35)44-33-48-51-50(34-44)59-49-30-22-40(55(10,11)12)32-46(49)56(51)45-31-39(54(7,8)9)21-29-47(45)58(48)43-27-19-38(20-28-43)53(4,5)6/h15-35H,13-14H2,1-12H3/i1D3,15D,16D,17D,18D,19D,20D,21D,22D,23D,24D,25D,26D,27D,28D,29D,30D,31D,32D. The molecule has 0 saturated heterocycles. The van der Waals surface area contributed by atoms with Crippen molar-refractivity contribution in [2.45, 2.75) is 123 Å². The first kappa shape index (κ1) is 21.9. The molecular formula is C55H61BN2O. The molecule has 3 aliphatic rings. The zero-order chi connectivity index (χ0) is 60.0. The fraction of sp³-hybridized carbons (Fsp3) is 0.345. The van der Waals surface area contributed by atoms with Gasteiger partial charge in [0.25, 0.3) is 6.71 Å². The maximum Gasteiger partial charge on any atom is 0.256 e. The summed E-state index contributed by atoms with van der Waals surface area (Å²) in [5, 5.41) is 0. The van der Waals surface area contributed by atoms with Crippen LogP contribution < -0.4 is 30.9 Å². The van der Waals surface area contributed by atoms with Crippen LogP contribution in [0.3, 0.4) is 0 Å². The molecule has 0 unspecified atom stereocenters. The molecule has 2 aliphatic heterocycles. The van der Waals surface area contributed by atoms with Gasteiger partial charge >= 0.3 is 0 Å². The zero-order valence-corrected chi connectivity index (χ0v) is 35.5. The number of fused-ring (bicyclic) bond motifs is 4. The lowest BCUT2D eigenvalue weighted by molar-refractivity contribution is 0.486. The maximum absolute atomic E-state index is 10.2. The van der Waals surface area contributed by atoms with E-state index in [4.69, 9.17) is 8.85 Å². The third-order valence-corrected chi connectivity index (χ3v) is 10.9. The molecule has 0 spiro atoms. The molecule has 0 atom stereocenters. The number of rotatable bonds is 5. The molecule has 1 aliphatic carbocycles. The third-order valence-electron chi connectivity index (χ3n) is 10.9. The highest BCUT2D eigenvalue weighted by Crippen LogP contribution is 2.48. The van der Waals surface area contributed by atoms with Crippen LogP contribution in [-0.2, 0) is 21.7 Å². The topological polar surface area (TPSA) is 15.7 Å². The molecule has 0 amide bonds. The second-order valence-electron chi connectivity index (χ2n) is 19.4. The van der Waals surface area contributed by atoms with E-state index in [0.717, 1.165) is 4.90 Å². The fourth-order valence-corrected chi connectivity index (χ4v) is 7.32. The van der Waals surface area contributed by atoms with E-state index in [9.17, 15) is 24.7 Å². The van der Waals surface area contributed by atoms with Gasteiger partial charge in [-0.15, -0.1) is 0 Å². The van der Waals surface area contributed by atoms with Gasteiger partial charge in [-0.05, 0) is 139 Å². The molecule has 1 fully saturated rings. The molecule has 1 saturated carbocycles. The van der Waals surface area contributed by atoms with Gasteiger partial charge in [-0.3, -0.25) is 0 Å². The monoisotopic (exact) mass is 798 g/mol. The summed E-state index contributed by atoms with van der Waals surface area (Å²) in [6, 6.07) is -7.53. The molecule has 0 bridgehead atoms. The summed E-state index contributed by atoms with van der Waals surface area (Å²) in [7, 11) is 0. The van der Waals surface area contributed by atoms with Crippen molar-refractivity contribution in [1.82, 2.24) is 0 Å². The van der Waals surface area contributed by atoms with Crippen LogP contribution in [0.1, 0.15) is 158 Å². The van der Waals surface area contributed by atoms with E-state index < -0.39 is 148 Å². The molecule has 0 N–H and O–H groups in total. The molecule has 300 valence electrons. The maximum atomic E-state index is 10.2. The van der Waals surface area contributed by atoms with Gasteiger partial charge in [0.1, 0.15) is 11.5 Å². The van der Waals surface area contributed by atoms with E-state index in [-0.39, 0.29) is 91.2 Å². The first-order valence-electron chi connectivity index (χ1n) is 30.6. The van der Waals surface area contributed by atoms with Gasteiger partial charge in [0, 0.05) is 38.6 Å². The number of benzene rings is 6. The molecule has 6 aromatic rings. The molecule has 0 aromatic heterocycles. The third kappa shape index (κ3) is 7.17. The van der Waals surface area contributed by atoms with E-state index in [1.165, 1.54) is 30.9 Å². The molecule has 4 heteroatoms. The van der Waals surface area contributed by atoms with Crippen LogP contribution in [0.5, 0.6) is 11.5 Å². The average molecular weight is 798 g/mol. The van der Waals surface area contributed by atoms with E-state index in [0.29, 0.717) is 12.8 Å². The lowest BCUT2D eigenvalue weighted by Gasteiger charge is -2.42. The molecule has 9 rings (SSSR count). The SMILES string of the molecule is [2H]c1c([2H])c(C(C)(C)C)c([2H])c2c1Oc1cc(N(c3c([2H])c([2H])c(C4CC4)c([2H])c3[2H])c3c([2H])c([2H])c(C(C)(C)C([2H])([2H])[2H])c([2H])c3[2H])cc3c1B2c1c([2H])c(C(C)(C)C)c([2H])c([2H])c1N3c1c([2H])c([2H])c(C(C)(C)C)c([2H])c1[2H]. The van der Waals surface area contributed by atoms with Gasteiger partial charge in [0.05, 0.1) is 30.4 Å². The number of anilines is 6. The van der Waals surface area contributed by atoms with Crippen LogP contribution in [-0.4, -0.2) is 6.71 Å². The minimum Gasteiger partial charge on any atom is -0.458 e. The van der Waals surface area contributed by atoms with E-state index in [1.807, 2.05) is 0 Å². The van der Waals surface area contributed by atoms with E-state index in [2.05, 4.69) is 0 Å². The molecule has 59 heavy (non-hydrogen) atoms. The normalized spacial score (nSPS) is 20.2. The van der Waals surface area contributed by atoms with Crippen LogP contribution in [0, 0.1) is 0 Å². The Kier molecular flexibility index (Phi) is 5.06. The Morgan fingerprint density at radius 1 is 0.559 bits per heavy atom.